The van der Waals surface area contributed by atoms with E-state index in [1.807, 2.05) is 30.3 Å². The Morgan fingerprint density at radius 3 is 2.53 bits per heavy atom. The van der Waals surface area contributed by atoms with Gasteiger partial charge < -0.3 is 10.1 Å². The SMILES string of the molecule is CCOC(=O)CCNC(=O)C1(c2ccccc2)CC1. The third kappa shape index (κ3) is 3.13. The van der Waals surface area contributed by atoms with Gasteiger partial charge in [-0.1, -0.05) is 30.3 Å². The Bertz CT molecular complexity index is 452. The molecule has 1 aliphatic carbocycles. The Morgan fingerprint density at radius 1 is 1.26 bits per heavy atom. The van der Waals surface area contributed by atoms with Gasteiger partial charge in [-0.3, -0.25) is 9.59 Å². The van der Waals surface area contributed by atoms with E-state index >= 15 is 0 Å². The van der Waals surface area contributed by atoms with Crippen LogP contribution in [0.15, 0.2) is 30.3 Å². The van der Waals surface area contributed by atoms with Crippen molar-refractivity contribution in [2.45, 2.75) is 31.6 Å². The van der Waals surface area contributed by atoms with Crippen molar-refractivity contribution in [3.8, 4) is 0 Å². The summed E-state index contributed by atoms with van der Waals surface area (Å²) in [5.41, 5.74) is 0.694. The van der Waals surface area contributed by atoms with Crippen molar-refractivity contribution >= 4 is 11.9 Å². The second-order valence-electron chi connectivity index (χ2n) is 4.76. The first kappa shape index (κ1) is 13.6. The molecular formula is C15H19NO3. The molecule has 4 heteroatoms. The van der Waals surface area contributed by atoms with Crippen molar-refractivity contribution in [2.24, 2.45) is 0 Å². The minimum atomic E-state index is -0.365. The number of benzene rings is 1. The molecule has 0 unspecified atom stereocenters. The zero-order valence-electron chi connectivity index (χ0n) is 11.1. The summed E-state index contributed by atoms with van der Waals surface area (Å²) in [5.74, 6) is -0.254. The normalized spacial score (nSPS) is 15.6. The van der Waals surface area contributed by atoms with Crippen LogP contribution in [0, 0.1) is 0 Å². The van der Waals surface area contributed by atoms with E-state index in [2.05, 4.69) is 5.32 Å². The highest BCUT2D eigenvalue weighted by Gasteiger charge is 2.50. The zero-order valence-corrected chi connectivity index (χ0v) is 11.1. The molecule has 2 rings (SSSR count). The van der Waals surface area contributed by atoms with E-state index in [0.717, 1.165) is 18.4 Å². The summed E-state index contributed by atoms with van der Waals surface area (Å²) in [6.07, 6.45) is 1.98. The molecule has 0 bridgehead atoms. The Labute approximate surface area is 113 Å². The molecule has 1 N–H and O–H groups in total. The molecule has 1 fully saturated rings. The fourth-order valence-corrected chi connectivity index (χ4v) is 2.21. The molecule has 1 aromatic rings. The number of nitrogens with one attached hydrogen (secondary N) is 1. The van der Waals surface area contributed by atoms with Crippen molar-refractivity contribution in [1.29, 1.82) is 0 Å². The second-order valence-corrected chi connectivity index (χ2v) is 4.76. The molecule has 102 valence electrons. The molecular weight excluding hydrogens is 242 g/mol. The summed E-state index contributed by atoms with van der Waals surface area (Å²) < 4.78 is 4.82. The lowest BCUT2D eigenvalue weighted by Crippen LogP contribution is -2.36. The number of ether oxygens (including phenoxy) is 1. The Balaban J connectivity index is 1.85. The summed E-state index contributed by atoms with van der Waals surface area (Å²) >= 11 is 0. The molecule has 0 spiro atoms. The van der Waals surface area contributed by atoms with Gasteiger partial charge in [0.1, 0.15) is 0 Å². The highest BCUT2D eigenvalue weighted by molar-refractivity contribution is 5.91. The van der Waals surface area contributed by atoms with Crippen LogP contribution >= 0.6 is 0 Å². The summed E-state index contributed by atoms with van der Waals surface area (Å²) in [6, 6.07) is 9.80. The van der Waals surface area contributed by atoms with E-state index < -0.39 is 0 Å². The van der Waals surface area contributed by atoms with E-state index in [1.165, 1.54) is 0 Å². The number of rotatable bonds is 6. The molecule has 1 amide bonds. The first-order valence-corrected chi connectivity index (χ1v) is 6.68. The summed E-state index contributed by atoms with van der Waals surface area (Å²) in [4.78, 5) is 23.4. The lowest BCUT2D eigenvalue weighted by Gasteiger charge is -2.15. The third-order valence-corrected chi connectivity index (χ3v) is 3.43. The maximum absolute atomic E-state index is 12.2. The van der Waals surface area contributed by atoms with E-state index in [9.17, 15) is 9.59 Å². The molecule has 0 aromatic heterocycles. The van der Waals surface area contributed by atoms with Crippen LogP contribution in [0.3, 0.4) is 0 Å². The van der Waals surface area contributed by atoms with Crippen molar-refractivity contribution in [2.75, 3.05) is 13.2 Å². The molecule has 1 saturated carbocycles. The minimum absolute atomic E-state index is 0.0167. The second kappa shape index (κ2) is 5.87. The maximum Gasteiger partial charge on any atom is 0.307 e. The van der Waals surface area contributed by atoms with Crippen molar-refractivity contribution in [1.82, 2.24) is 5.32 Å². The standard InChI is InChI=1S/C15H19NO3/c1-2-19-13(17)8-11-16-14(18)15(9-10-15)12-6-4-3-5-7-12/h3-7H,2,8-11H2,1H3,(H,16,18). The number of amides is 1. The molecule has 0 saturated heterocycles. The van der Waals surface area contributed by atoms with Gasteiger partial charge in [0.25, 0.3) is 0 Å². The predicted octanol–water partition coefficient (Wildman–Crippen LogP) is 1.79. The number of carbonyl (C=O) groups excluding carboxylic acids is 2. The van der Waals surface area contributed by atoms with Gasteiger partial charge in [0.15, 0.2) is 0 Å². The van der Waals surface area contributed by atoms with Crippen LogP contribution in [0.5, 0.6) is 0 Å². The fraction of sp³-hybridized carbons (Fsp3) is 0.467. The average Bonchev–Trinajstić information content (AvgIpc) is 3.21. The number of carbonyl (C=O) groups is 2. The number of esters is 1. The van der Waals surface area contributed by atoms with Gasteiger partial charge >= 0.3 is 5.97 Å². The van der Waals surface area contributed by atoms with Gasteiger partial charge in [-0.2, -0.15) is 0 Å². The molecule has 0 atom stereocenters. The highest BCUT2D eigenvalue weighted by Crippen LogP contribution is 2.48. The average molecular weight is 261 g/mol. The van der Waals surface area contributed by atoms with E-state index in [0.29, 0.717) is 13.2 Å². The van der Waals surface area contributed by atoms with Crippen LogP contribution in [0.2, 0.25) is 0 Å². The molecule has 19 heavy (non-hydrogen) atoms. The van der Waals surface area contributed by atoms with Gasteiger partial charge in [0, 0.05) is 6.54 Å². The zero-order chi connectivity index (χ0) is 13.7. The van der Waals surface area contributed by atoms with Gasteiger partial charge in [0.05, 0.1) is 18.4 Å². The predicted molar refractivity (Wildman–Crippen MR) is 71.6 cm³/mol. The van der Waals surface area contributed by atoms with E-state index in [4.69, 9.17) is 4.74 Å². The lowest BCUT2D eigenvalue weighted by molar-refractivity contribution is -0.143. The summed E-state index contributed by atoms with van der Waals surface area (Å²) in [5, 5.41) is 2.83. The quantitative estimate of drug-likeness (QED) is 0.794. The van der Waals surface area contributed by atoms with Crippen molar-refractivity contribution in [3.63, 3.8) is 0 Å². The minimum Gasteiger partial charge on any atom is -0.466 e. The van der Waals surface area contributed by atoms with Gasteiger partial charge in [-0.05, 0) is 25.3 Å². The molecule has 0 heterocycles. The van der Waals surface area contributed by atoms with Crippen molar-refractivity contribution < 1.29 is 14.3 Å². The molecule has 0 aliphatic heterocycles. The summed E-state index contributed by atoms with van der Waals surface area (Å²) in [6.45, 7) is 2.48. The van der Waals surface area contributed by atoms with Crippen LogP contribution in [0.4, 0.5) is 0 Å². The number of hydrogen-bond acceptors (Lipinski definition) is 3. The lowest BCUT2D eigenvalue weighted by atomic mass is 9.95. The smallest absolute Gasteiger partial charge is 0.307 e. The first-order valence-electron chi connectivity index (χ1n) is 6.68. The van der Waals surface area contributed by atoms with E-state index in [1.54, 1.807) is 6.92 Å². The topological polar surface area (TPSA) is 55.4 Å². The third-order valence-electron chi connectivity index (χ3n) is 3.43. The van der Waals surface area contributed by atoms with Gasteiger partial charge in [0.2, 0.25) is 5.91 Å². The Kier molecular flexibility index (Phi) is 4.20. The first-order chi connectivity index (χ1) is 9.19. The monoisotopic (exact) mass is 261 g/mol. The van der Waals surface area contributed by atoms with Crippen molar-refractivity contribution in [3.05, 3.63) is 35.9 Å². The van der Waals surface area contributed by atoms with Crippen LogP contribution < -0.4 is 5.32 Å². The largest absolute Gasteiger partial charge is 0.466 e. The molecule has 1 aromatic carbocycles. The van der Waals surface area contributed by atoms with E-state index in [-0.39, 0.29) is 23.7 Å². The Hall–Kier alpha value is -1.84. The van der Waals surface area contributed by atoms with Gasteiger partial charge in [-0.15, -0.1) is 0 Å². The highest BCUT2D eigenvalue weighted by atomic mass is 16.5. The summed E-state index contributed by atoms with van der Waals surface area (Å²) in [7, 11) is 0. The number of hydrogen-bond donors (Lipinski definition) is 1. The molecule has 4 nitrogen and oxygen atoms in total. The van der Waals surface area contributed by atoms with Crippen LogP contribution in [-0.2, 0) is 19.7 Å². The van der Waals surface area contributed by atoms with Crippen LogP contribution in [-0.4, -0.2) is 25.0 Å². The molecule has 1 aliphatic rings. The van der Waals surface area contributed by atoms with Crippen LogP contribution in [0.1, 0.15) is 31.7 Å². The van der Waals surface area contributed by atoms with Gasteiger partial charge in [-0.25, -0.2) is 0 Å². The maximum atomic E-state index is 12.2. The van der Waals surface area contributed by atoms with Crippen LogP contribution in [0.25, 0.3) is 0 Å². The fourth-order valence-electron chi connectivity index (χ4n) is 2.21. The Morgan fingerprint density at radius 2 is 1.95 bits per heavy atom. The molecule has 0 radical (unpaired) electrons.